The number of likely N-dealkylation sites (tertiary alicyclic amines) is 1. The molecule has 0 radical (unpaired) electrons. The molecule has 0 aromatic carbocycles. The van der Waals surface area contributed by atoms with E-state index in [4.69, 9.17) is 0 Å². The molecule has 1 aliphatic heterocycles. The minimum Gasteiger partial charge on any atom is -0.297 e. The second-order valence-electron chi connectivity index (χ2n) is 2.98. The van der Waals surface area contributed by atoms with Gasteiger partial charge < -0.3 is 0 Å². The van der Waals surface area contributed by atoms with E-state index in [9.17, 15) is 4.39 Å². The van der Waals surface area contributed by atoms with Crippen LogP contribution in [0.25, 0.3) is 0 Å². The number of hydrogen-bond acceptors (Lipinski definition) is 2. The number of hydrogen-bond donors (Lipinski definition) is 0. The van der Waals surface area contributed by atoms with Gasteiger partial charge in [0.05, 0.1) is 0 Å². The van der Waals surface area contributed by atoms with Crippen LogP contribution in [0.5, 0.6) is 0 Å². The van der Waals surface area contributed by atoms with Crippen LogP contribution in [-0.2, 0) is 0 Å². The summed E-state index contributed by atoms with van der Waals surface area (Å²) >= 11 is 1.86. The highest BCUT2D eigenvalue weighted by Gasteiger charge is 2.22. The summed E-state index contributed by atoms with van der Waals surface area (Å²) in [6.07, 6.45) is 4.64. The van der Waals surface area contributed by atoms with Gasteiger partial charge in [-0.2, -0.15) is 11.8 Å². The summed E-state index contributed by atoms with van der Waals surface area (Å²) in [5.74, 6) is 1.17. The van der Waals surface area contributed by atoms with Crippen molar-refractivity contribution in [2.75, 3.05) is 31.8 Å². The van der Waals surface area contributed by atoms with Gasteiger partial charge in [-0.3, -0.25) is 4.90 Å². The molecule has 0 bridgehead atoms. The van der Waals surface area contributed by atoms with Crippen LogP contribution in [0.3, 0.4) is 0 Å². The van der Waals surface area contributed by atoms with E-state index >= 15 is 0 Å². The lowest BCUT2D eigenvalue weighted by Gasteiger charge is -2.21. The number of halogens is 1. The lowest BCUT2D eigenvalue weighted by atomic mass is 10.2. The molecule has 1 aliphatic rings. The molecule has 0 saturated carbocycles. The molecule has 1 heterocycles. The van der Waals surface area contributed by atoms with Crippen molar-refractivity contribution in [2.45, 2.75) is 18.9 Å². The SMILES string of the molecule is CSCC1CCCN1CCF. The van der Waals surface area contributed by atoms with Crippen molar-refractivity contribution in [1.29, 1.82) is 0 Å². The molecule has 3 heteroatoms. The molecule has 1 nitrogen and oxygen atoms in total. The second kappa shape index (κ2) is 4.99. The normalized spacial score (nSPS) is 26.2. The van der Waals surface area contributed by atoms with Crippen LogP contribution in [0.15, 0.2) is 0 Å². The van der Waals surface area contributed by atoms with Crippen LogP contribution in [0.2, 0.25) is 0 Å². The maximum Gasteiger partial charge on any atom is 0.102 e. The molecule has 0 N–H and O–H groups in total. The molecule has 1 rings (SSSR count). The quantitative estimate of drug-likeness (QED) is 0.644. The minimum atomic E-state index is -0.190. The summed E-state index contributed by atoms with van der Waals surface area (Å²) < 4.78 is 12.0. The highest BCUT2D eigenvalue weighted by molar-refractivity contribution is 7.98. The van der Waals surface area contributed by atoms with Crippen LogP contribution in [0.4, 0.5) is 4.39 Å². The fraction of sp³-hybridized carbons (Fsp3) is 1.00. The first kappa shape index (κ1) is 9.33. The lowest BCUT2D eigenvalue weighted by molar-refractivity contribution is 0.246. The number of thioether (sulfide) groups is 1. The standard InChI is InChI=1S/C8H16FNS/c1-11-7-8-3-2-5-10(8)6-4-9/h8H,2-7H2,1H3. The van der Waals surface area contributed by atoms with Crippen LogP contribution >= 0.6 is 11.8 Å². The fourth-order valence-electron chi connectivity index (χ4n) is 1.68. The third-order valence-electron chi connectivity index (χ3n) is 2.23. The van der Waals surface area contributed by atoms with Gasteiger partial charge in [0.1, 0.15) is 6.67 Å². The van der Waals surface area contributed by atoms with Gasteiger partial charge in [-0.05, 0) is 25.6 Å². The van der Waals surface area contributed by atoms with E-state index in [0.717, 1.165) is 6.54 Å². The van der Waals surface area contributed by atoms with Gasteiger partial charge >= 0.3 is 0 Å². The largest absolute Gasteiger partial charge is 0.297 e. The second-order valence-corrected chi connectivity index (χ2v) is 3.89. The molecular formula is C8H16FNS. The maximum atomic E-state index is 12.0. The summed E-state index contributed by atoms with van der Waals surface area (Å²) in [5, 5.41) is 0. The third kappa shape index (κ3) is 2.64. The maximum absolute atomic E-state index is 12.0. The molecule has 0 spiro atoms. The minimum absolute atomic E-state index is 0.190. The third-order valence-corrected chi connectivity index (χ3v) is 2.95. The average Bonchev–Trinajstić information content (AvgIpc) is 2.39. The predicted octanol–water partition coefficient (Wildman–Crippen LogP) is 1.78. The van der Waals surface area contributed by atoms with Crippen molar-refractivity contribution in [3.63, 3.8) is 0 Å². The average molecular weight is 177 g/mol. The smallest absolute Gasteiger partial charge is 0.102 e. The van der Waals surface area contributed by atoms with Gasteiger partial charge in [0.2, 0.25) is 0 Å². The summed E-state index contributed by atoms with van der Waals surface area (Å²) in [6.45, 7) is 1.56. The first-order chi connectivity index (χ1) is 5.38. The van der Waals surface area contributed by atoms with Gasteiger partial charge in [-0.15, -0.1) is 0 Å². The molecule has 1 unspecified atom stereocenters. The van der Waals surface area contributed by atoms with Crippen molar-refractivity contribution in [1.82, 2.24) is 4.90 Å². The number of rotatable bonds is 4. The summed E-state index contributed by atoms with van der Waals surface area (Å²) in [5.41, 5.74) is 0. The van der Waals surface area contributed by atoms with E-state index in [1.807, 2.05) is 11.8 Å². The Morgan fingerprint density at radius 3 is 3.09 bits per heavy atom. The van der Waals surface area contributed by atoms with E-state index in [1.165, 1.54) is 18.6 Å². The van der Waals surface area contributed by atoms with Crippen LogP contribution in [-0.4, -0.2) is 42.7 Å². The van der Waals surface area contributed by atoms with E-state index in [2.05, 4.69) is 11.2 Å². The van der Waals surface area contributed by atoms with Crippen molar-refractivity contribution >= 4 is 11.8 Å². The lowest BCUT2D eigenvalue weighted by Crippen LogP contribution is -2.32. The number of alkyl halides is 1. The highest BCUT2D eigenvalue weighted by Crippen LogP contribution is 2.19. The van der Waals surface area contributed by atoms with Crippen molar-refractivity contribution in [3.8, 4) is 0 Å². The van der Waals surface area contributed by atoms with Crippen molar-refractivity contribution < 1.29 is 4.39 Å². The molecule has 11 heavy (non-hydrogen) atoms. The molecule has 66 valence electrons. The molecule has 1 fully saturated rings. The fourth-order valence-corrected chi connectivity index (χ4v) is 2.44. The van der Waals surface area contributed by atoms with Crippen LogP contribution < -0.4 is 0 Å². The van der Waals surface area contributed by atoms with Crippen molar-refractivity contribution in [3.05, 3.63) is 0 Å². The highest BCUT2D eigenvalue weighted by atomic mass is 32.2. The Kier molecular flexibility index (Phi) is 4.23. The summed E-state index contributed by atoms with van der Waals surface area (Å²) in [6, 6.07) is 0.653. The van der Waals surface area contributed by atoms with Gasteiger partial charge in [-0.25, -0.2) is 4.39 Å². The van der Waals surface area contributed by atoms with Gasteiger partial charge in [-0.1, -0.05) is 0 Å². The predicted molar refractivity (Wildman–Crippen MR) is 49.0 cm³/mol. The monoisotopic (exact) mass is 177 g/mol. The Labute approximate surface area is 72.3 Å². The molecule has 1 saturated heterocycles. The molecule has 0 aromatic heterocycles. The Morgan fingerprint density at radius 2 is 2.45 bits per heavy atom. The Morgan fingerprint density at radius 1 is 1.64 bits per heavy atom. The molecule has 0 aliphatic carbocycles. The Hall–Kier alpha value is 0.240. The van der Waals surface area contributed by atoms with Gasteiger partial charge in [0.25, 0.3) is 0 Å². The first-order valence-electron chi connectivity index (χ1n) is 4.17. The summed E-state index contributed by atoms with van der Waals surface area (Å²) in [4.78, 5) is 2.27. The molecule has 0 aromatic rings. The van der Waals surface area contributed by atoms with Gasteiger partial charge in [0.15, 0.2) is 0 Å². The van der Waals surface area contributed by atoms with Crippen molar-refractivity contribution in [2.24, 2.45) is 0 Å². The first-order valence-corrected chi connectivity index (χ1v) is 5.57. The number of nitrogens with zero attached hydrogens (tertiary/aromatic N) is 1. The zero-order valence-electron chi connectivity index (χ0n) is 7.05. The van der Waals surface area contributed by atoms with Crippen LogP contribution in [0, 0.1) is 0 Å². The topological polar surface area (TPSA) is 3.24 Å². The molecule has 1 atom stereocenters. The Bertz CT molecular complexity index is 98.3. The van der Waals surface area contributed by atoms with Gasteiger partial charge in [0, 0.05) is 18.3 Å². The van der Waals surface area contributed by atoms with Crippen LogP contribution in [0.1, 0.15) is 12.8 Å². The zero-order chi connectivity index (χ0) is 8.10. The van der Waals surface area contributed by atoms with E-state index in [-0.39, 0.29) is 6.67 Å². The summed E-state index contributed by atoms with van der Waals surface area (Å²) in [7, 11) is 0. The van der Waals surface area contributed by atoms with E-state index in [0.29, 0.717) is 12.6 Å². The van der Waals surface area contributed by atoms with E-state index in [1.54, 1.807) is 0 Å². The Balaban J connectivity index is 2.25. The zero-order valence-corrected chi connectivity index (χ0v) is 7.87. The van der Waals surface area contributed by atoms with E-state index < -0.39 is 0 Å². The molecular weight excluding hydrogens is 161 g/mol. The molecule has 0 amide bonds.